The van der Waals surface area contributed by atoms with Gasteiger partial charge in [0.15, 0.2) is 5.82 Å². The number of aromatic nitrogens is 2. The van der Waals surface area contributed by atoms with Crippen LogP contribution in [0.3, 0.4) is 0 Å². The van der Waals surface area contributed by atoms with Crippen LogP contribution in [0.2, 0.25) is 5.02 Å². The number of halogens is 1. The zero-order chi connectivity index (χ0) is 15.2. The minimum atomic E-state index is 0.259. The average molecular weight is 325 g/mol. The number of aryl methyl sites for hydroxylation is 1. The predicted molar refractivity (Wildman–Crippen MR) is 91.7 cm³/mol. The third kappa shape index (κ3) is 4.86. The summed E-state index contributed by atoms with van der Waals surface area (Å²) < 4.78 is 0. The topological polar surface area (TPSA) is 49.8 Å². The summed E-state index contributed by atoms with van der Waals surface area (Å²) in [6.07, 6.45) is 3.62. The maximum atomic E-state index is 6.17. The van der Waals surface area contributed by atoms with Crippen molar-refractivity contribution in [3.05, 3.63) is 33.1 Å². The lowest BCUT2D eigenvalue weighted by molar-refractivity contribution is 0.793. The maximum absolute atomic E-state index is 6.17. The third-order valence-corrected chi connectivity index (χ3v) is 4.26. The van der Waals surface area contributed by atoms with Gasteiger partial charge >= 0.3 is 0 Å². The van der Waals surface area contributed by atoms with Crippen LogP contribution >= 0.6 is 22.9 Å². The van der Waals surface area contributed by atoms with E-state index in [1.54, 1.807) is 6.20 Å². The van der Waals surface area contributed by atoms with Gasteiger partial charge in [0.1, 0.15) is 5.02 Å². The largest absolute Gasteiger partial charge is 0.366 e. The lowest BCUT2D eigenvalue weighted by atomic mass is 10.2. The molecule has 2 aromatic rings. The first-order valence-corrected chi connectivity index (χ1v) is 8.36. The monoisotopic (exact) mass is 324 g/mol. The van der Waals surface area contributed by atoms with Crippen molar-refractivity contribution in [2.45, 2.75) is 39.7 Å². The fraction of sp³-hybridized carbons (Fsp3) is 0.467. The third-order valence-electron chi connectivity index (χ3n) is 2.96. The Morgan fingerprint density at radius 2 is 2.19 bits per heavy atom. The molecule has 1 unspecified atom stereocenters. The molecule has 2 aromatic heterocycles. The van der Waals surface area contributed by atoms with Gasteiger partial charge in [-0.05, 0) is 32.4 Å². The lowest BCUT2D eigenvalue weighted by Gasteiger charge is -2.15. The number of nitrogens with one attached hydrogen (secondary N) is 2. The highest BCUT2D eigenvalue weighted by Crippen LogP contribution is 2.22. The molecule has 1 atom stereocenters. The number of nitrogens with zero attached hydrogens (tertiary/aromatic N) is 2. The number of hydrogen-bond acceptors (Lipinski definition) is 5. The van der Waals surface area contributed by atoms with Crippen molar-refractivity contribution in [1.29, 1.82) is 0 Å². The number of rotatable bonds is 7. The van der Waals surface area contributed by atoms with Crippen LogP contribution in [0.1, 0.15) is 30.0 Å². The van der Waals surface area contributed by atoms with E-state index >= 15 is 0 Å². The quantitative estimate of drug-likeness (QED) is 0.794. The van der Waals surface area contributed by atoms with E-state index < -0.39 is 0 Å². The van der Waals surface area contributed by atoms with Gasteiger partial charge in [-0.25, -0.2) is 4.98 Å². The summed E-state index contributed by atoms with van der Waals surface area (Å²) in [5.41, 5.74) is 0. The van der Waals surface area contributed by atoms with Crippen LogP contribution in [0.5, 0.6) is 0 Å². The van der Waals surface area contributed by atoms with Crippen molar-refractivity contribution >= 4 is 34.7 Å². The van der Waals surface area contributed by atoms with Crippen LogP contribution in [-0.2, 0) is 6.42 Å². The lowest BCUT2D eigenvalue weighted by Crippen LogP contribution is -2.19. The number of thiophene rings is 1. The fourth-order valence-electron chi connectivity index (χ4n) is 1.97. The Bertz CT molecular complexity index is 585. The van der Waals surface area contributed by atoms with Gasteiger partial charge in [-0.1, -0.05) is 18.5 Å². The van der Waals surface area contributed by atoms with E-state index in [2.05, 4.69) is 53.5 Å². The van der Waals surface area contributed by atoms with Crippen molar-refractivity contribution in [1.82, 2.24) is 9.97 Å². The maximum Gasteiger partial charge on any atom is 0.224 e. The van der Waals surface area contributed by atoms with Crippen LogP contribution in [0, 0.1) is 6.92 Å². The molecule has 6 heteroatoms. The second-order valence-corrected chi connectivity index (χ2v) is 6.86. The van der Waals surface area contributed by atoms with Crippen molar-refractivity contribution in [3.63, 3.8) is 0 Å². The summed E-state index contributed by atoms with van der Waals surface area (Å²) in [7, 11) is 0. The molecule has 0 aliphatic carbocycles. The number of hydrogen-bond donors (Lipinski definition) is 2. The first kappa shape index (κ1) is 16.0. The Morgan fingerprint density at radius 1 is 1.38 bits per heavy atom. The van der Waals surface area contributed by atoms with Crippen LogP contribution in [-0.4, -0.2) is 22.6 Å². The molecule has 0 bridgehead atoms. The molecule has 2 N–H and O–H groups in total. The molecule has 0 spiro atoms. The minimum Gasteiger partial charge on any atom is -0.366 e. The molecule has 0 radical (unpaired) electrons. The van der Waals surface area contributed by atoms with Crippen molar-refractivity contribution in [3.8, 4) is 0 Å². The van der Waals surface area contributed by atoms with Crippen molar-refractivity contribution in [2.75, 3.05) is 17.2 Å². The van der Waals surface area contributed by atoms with Gasteiger partial charge in [0.2, 0.25) is 5.95 Å². The molecule has 0 saturated heterocycles. The Balaban J connectivity index is 2.00. The van der Waals surface area contributed by atoms with Crippen LogP contribution < -0.4 is 10.6 Å². The summed E-state index contributed by atoms with van der Waals surface area (Å²) in [6.45, 7) is 7.21. The normalized spacial score (nSPS) is 12.2. The molecular weight excluding hydrogens is 304 g/mol. The molecule has 2 rings (SSSR count). The van der Waals surface area contributed by atoms with E-state index in [0.717, 1.165) is 19.4 Å². The van der Waals surface area contributed by atoms with E-state index in [1.165, 1.54) is 9.75 Å². The van der Waals surface area contributed by atoms with E-state index in [-0.39, 0.29) is 6.04 Å². The van der Waals surface area contributed by atoms with Gasteiger partial charge in [0.25, 0.3) is 0 Å². The summed E-state index contributed by atoms with van der Waals surface area (Å²) in [6, 6.07) is 4.58. The zero-order valence-electron chi connectivity index (χ0n) is 12.6. The fourth-order valence-corrected chi connectivity index (χ4v) is 3.14. The van der Waals surface area contributed by atoms with Crippen LogP contribution in [0.25, 0.3) is 0 Å². The van der Waals surface area contributed by atoms with E-state index in [9.17, 15) is 0 Å². The highest BCUT2D eigenvalue weighted by Gasteiger charge is 2.10. The zero-order valence-corrected chi connectivity index (χ0v) is 14.2. The smallest absolute Gasteiger partial charge is 0.224 e. The van der Waals surface area contributed by atoms with E-state index in [1.807, 2.05) is 11.3 Å². The van der Waals surface area contributed by atoms with Gasteiger partial charge in [-0.3, -0.25) is 0 Å². The molecule has 0 saturated carbocycles. The second-order valence-electron chi connectivity index (χ2n) is 5.08. The molecule has 4 nitrogen and oxygen atoms in total. The Kier molecular flexibility index (Phi) is 5.82. The molecule has 0 amide bonds. The van der Waals surface area contributed by atoms with E-state index in [4.69, 9.17) is 11.6 Å². The van der Waals surface area contributed by atoms with Crippen molar-refractivity contribution in [2.24, 2.45) is 0 Å². The first-order valence-electron chi connectivity index (χ1n) is 7.16. The molecule has 21 heavy (non-hydrogen) atoms. The van der Waals surface area contributed by atoms with E-state index in [0.29, 0.717) is 16.8 Å². The SMILES string of the molecule is CCCNc1ncc(Cl)c(NC(C)Cc2ccc(C)s2)n1. The predicted octanol–water partition coefficient (Wildman–Crippen LogP) is 4.36. The molecule has 0 aromatic carbocycles. The minimum absolute atomic E-state index is 0.259. The standard InChI is InChI=1S/C15H21ClN4S/c1-4-7-17-15-18-9-13(16)14(20-15)19-10(2)8-12-6-5-11(3)21-12/h5-6,9-10H,4,7-8H2,1-3H3,(H2,17,18,19,20). The first-order chi connectivity index (χ1) is 10.1. The number of anilines is 2. The van der Waals surface area contributed by atoms with Gasteiger partial charge < -0.3 is 10.6 Å². The average Bonchev–Trinajstić information content (AvgIpc) is 2.84. The van der Waals surface area contributed by atoms with Gasteiger partial charge in [-0.15, -0.1) is 11.3 Å². The molecule has 0 aliphatic rings. The summed E-state index contributed by atoms with van der Waals surface area (Å²) in [4.78, 5) is 11.3. The van der Waals surface area contributed by atoms with Crippen LogP contribution in [0.4, 0.5) is 11.8 Å². The van der Waals surface area contributed by atoms with Crippen LogP contribution in [0.15, 0.2) is 18.3 Å². The summed E-state index contributed by atoms with van der Waals surface area (Å²) in [5.74, 6) is 1.30. The highest BCUT2D eigenvalue weighted by atomic mass is 35.5. The summed E-state index contributed by atoms with van der Waals surface area (Å²) in [5, 5.41) is 7.09. The van der Waals surface area contributed by atoms with Gasteiger partial charge in [0.05, 0.1) is 6.20 Å². The Morgan fingerprint density at radius 3 is 2.86 bits per heavy atom. The summed E-state index contributed by atoms with van der Waals surface area (Å²) >= 11 is 8.00. The Hall–Kier alpha value is -1.33. The van der Waals surface area contributed by atoms with Gasteiger partial charge in [0, 0.05) is 28.8 Å². The van der Waals surface area contributed by atoms with Gasteiger partial charge in [-0.2, -0.15) is 4.98 Å². The molecule has 0 aliphatic heterocycles. The highest BCUT2D eigenvalue weighted by molar-refractivity contribution is 7.11. The molecule has 2 heterocycles. The van der Waals surface area contributed by atoms with Crippen molar-refractivity contribution < 1.29 is 0 Å². The molecule has 114 valence electrons. The molecule has 0 fully saturated rings. The second kappa shape index (κ2) is 7.61. The Labute approximate surface area is 135 Å². The molecular formula is C15H21ClN4S.